The van der Waals surface area contributed by atoms with E-state index in [1.165, 1.54) is 44.9 Å². The van der Waals surface area contributed by atoms with Gasteiger partial charge in [-0.1, -0.05) is 24.4 Å². The van der Waals surface area contributed by atoms with Crippen LogP contribution in [0.2, 0.25) is 0 Å². The monoisotopic (exact) mass is 276 g/mol. The third-order valence-corrected chi connectivity index (χ3v) is 5.23. The van der Waals surface area contributed by atoms with Crippen LogP contribution >= 0.6 is 0 Å². The van der Waals surface area contributed by atoms with Gasteiger partial charge in [0.2, 0.25) is 0 Å². The SMILES string of the molecule is c1c(C2CC2)noc1CNC1CCOC12CCCCC2. The second-order valence-electron chi connectivity index (χ2n) is 6.69. The van der Waals surface area contributed by atoms with Gasteiger partial charge in [-0.05, 0) is 32.1 Å². The van der Waals surface area contributed by atoms with Crippen LogP contribution in [-0.4, -0.2) is 23.4 Å². The zero-order chi connectivity index (χ0) is 13.4. The molecule has 0 bridgehead atoms. The van der Waals surface area contributed by atoms with Gasteiger partial charge in [-0.25, -0.2) is 0 Å². The van der Waals surface area contributed by atoms with Gasteiger partial charge >= 0.3 is 0 Å². The van der Waals surface area contributed by atoms with Crippen molar-refractivity contribution in [2.75, 3.05) is 6.61 Å². The smallest absolute Gasteiger partial charge is 0.150 e. The lowest BCUT2D eigenvalue weighted by atomic mass is 9.79. The summed E-state index contributed by atoms with van der Waals surface area (Å²) in [6.45, 7) is 1.69. The molecule has 0 radical (unpaired) electrons. The Kier molecular flexibility index (Phi) is 3.31. The van der Waals surface area contributed by atoms with Crippen molar-refractivity contribution in [3.8, 4) is 0 Å². The number of hydrogen-bond donors (Lipinski definition) is 1. The first kappa shape index (κ1) is 12.8. The van der Waals surface area contributed by atoms with Gasteiger partial charge in [0.25, 0.3) is 0 Å². The van der Waals surface area contributed by atoms with Gasteiger partial charge < -0.3 is 14.6 Å². The molecule has 1 saturated heterocycles. The third-order valence-electron chi connectivity index (χ3n) is 5.23. The maximum Gasteiger partial charge on any atom is 0.150 e. The van der Waals surface area contributed by atoms with Crippen molar-refractivity contribution < 1.29 is 9.26 Å². The van der Waals surface area contributed by atoms with Crippen LogP contribution in [0.4, 0.5) is 0 Å². The molecule has 4 heteroatoms. The van der Waals surface area contributed by atoms with Crippen LogP contribution in [0.15, 0.2) is 10.6 Å². The summed E-state index contributed by atoms with van der Waals surface area (Å²) in [6.07, 6.45) is 10.1. The van der Waals surface area contributed by atoms with Gasteiger partial charge in [-0.3, -0.25) is 0 Å². The van der Waals surface area contributed by atoms with Crippen molar-refractivity contribution in [1.82, 2.24) is 10.5 Å². The van der Waals surface area contributed by atoms with Crippen molar-refractivity contribution in [2.24, 2.45) is 0 Å². The molecule has 0 aromatic carbocycles. The van der Waals surface area contributed by atoms with Crippen LogP contribution in [-0.2, 0) is 11.3 Å². The van der Waals surface area contributed by atoms with E-state index in [1.54, 1.807) is 0 Å². The lowest BCUT2D eigenvalue weighted by Gasteiger charge is -2.38. The van der Waals surface area contributed by atoms with Gasteiger partial charge in [0.15, 0.2) is 5.76 Å². The molecule has 2 saturated carbocycles. The molecule has 3 fully saturated rings. The van der Waals surface area contributed by atoms with Crippen molar-refractivity contribution in [2.45, 2.75) is 75.5 Å². The molecule has 1 N–H and O–H groups in total. The van der Waals surface area contributed by atoms with Gasteiger partial charge in [-0.2, -0.15) is 0 Å². The van der Waals surface area contributed by atoms with Crippen LogP contribution < -0.4 is 5.32 Å². The molecule has 4 rings (SSSR count). The maximum atomic E-state index is 6.13. The number of rotatable bonds is 4. The topological polar surface area (TPSA) is 47.3 Å². The average Bonchev–Trinajstić information content (AvgIpc) is 3.11. The Morgan fingerprint density at radius 3 is 2.85 bits per heavy atom. The zero-order valence-electron chi connectivity index (χ0n) is 12.1. The van der Waals surface area contributed by atoms with Crippen LogP contribution in [0, 0.1) is 0 Å². The Morgan fingerprint density at radius 1 is 1.20 bits per heavy atom. The second kappa shape index (κ2) is 5.15. The van der Waals surface area contributed by atoms with E-state index < -0.39 is 0 Å². The number of nitrogens with one attached hydrogen (secondary N) is 1. The molecule has 1 aromatic heterocycles. The first-order valence-corrected chi connectivity index (χ1v) is 8.19. The second-order valence-corrected chi connectivity index (χ2v) is 6.69. The largest absolute Gasteiger partial charge is 0.373 e. The fraction of sp³-hybridized carbons (Fsp3) is 0.812. The van der Waals surface area contributed by atoms with E-state index in [1.807, 2.05) is 0 Å². The molecule has 110 valence electrons. The first-order chi connectivity index (χ1) is 9.86. The van der Waals surface area contributed by atoms with E-state index in [2.05, 4.69) is 16.5 Å². The number of aromatic nitrogens is 1. The molecule has 1 unspecified atom stereocenters. The van der Waals surface area contributed by atoms with E-state index in [4.69, 9.17) is 9.26 Å². The van der Waals surface area contributed by atoms with E-state index in [0.717, 1.165) is 31.0 Å². The molecule has 0 amide bonds. The minimum atomic E-state index is 0.109. The molecular weight excluding hydrogens is 252 g/mol. The van der Waals surface area contributed by atoms with E-state index in [9.17, 15) is 0 Å². The quantitative estimate of drug-likeness (QED) is 0.917. The van der Waals surface area contributed by atoms with Crippen molar-refractivity contribution in [3.05, 3.63) is 17.5 Å². The molecular formula is C16H24N2O2. The average molecular weight is 276 g/mol. The van der Waals surface area contributed by atoms with Gasteiger partial charge in [0, 0.05) is 24.6 Å². The zero-order valence-corrected chi connectivity index (χ0v) is 12.1. The van der Waals surface area contributed by atoms with Crippen molar-refractivity contribution in [3.63, 3.8) is 0 Å². The summed E-state index contributed by atoms with van der Waals surface area (Å²) in [4.78, 5) is 0. The molecule has 1 atom stereocenters. The highest BCUT2D eigenvalue weighted by Crippen LogP contribution is 2.40. The highest BCUT2D eigenvalue weighted by atomic mass is 16.5. The van der Waals surface area contributed by atoms with Crippen LogP contribution in [0.5, 0.6) is 0 Å². The predicted octanol–water partition coefficient (Wildman–Crippen LogP) is 3.13. The Morgan fingerprint density at radius 2 is 2.05 bits per heavy atom. The Hall–Kier alpha value is -0.870. The number of hydrogen-bond acceptors (Lipinski definition) is 4. The normalized spacial score (nSPS) is 29.1. The Bertz CT molecular complexity index is 461. The van der Waals surface area contributed by atoms with E-state index in [0.29, 0.717) is 12.0 Å². The van der Waals surface area contributed by atoms with Crippen LogP contribution in [0.1, 0.15) is 68.7 Å². The molecule has 3 aliphatic rings. The standard InChI is InChI=1S/C16H24N2O2/c1-2-7-16(8-3-1)15(6-9-19-16)17-11-13-10-14(18-20-13)12-4-5-12/h10,12,15,17H,1-9,11H2. The molecule has 20 heavy (non-hydrogen) atoms. The molecule has 1 aliphatic heterocycles. The Balaban J connectivity index is 1.37. The maximum absolute atomic E-state index is 6.13. The lowest BCUT2D eigenvalue weighted by Crippen LogP contribution is -2.48. The first-order valence-electron chi connectivity index (χ1n) is 8.19. The van der Waals surface area contributed by atoms with E-state index in [-0.39, 0.29) is 5.60 Å². The fourth-order valence-electron chi connectivity index (χ4n) is 3.88. The van der Waals surface area contributed by atoms with E-state index >= 15 is 0 Å². The molecule has 2 heterocycles. The summed E-state index contributed by atoms with van der Waals surface area (Å²) < 4.78 is 11.6. The van der Waals surface area contributed by atoms with Crippen molar-refractivity contribution in [1.29, 1.82) is 0 Å². The minimum absolute atomic E-state index is 0.109. The fourth-order valence-corrected chi connectivity index (χ4v) is 3.88. The van der Waals surface area contributed by atoms with Crippen LogP contribution in [0.3, 0.4) is 0 Å². The van der Waals surface area contributed by atoms with Gasteiger partial charge in [0.1, 0.15) is 0 Å². The van der Waals surface area contributed by atoms with Gasteiger partial charge in [-0.15, -0.1) is 0 Å². The molecule has 4 nitrogen and oxygen atoms in total. The summed E-state index contributed by atoms with van der Waals surface area (Å²) in [6, 6.07) is 2.62. The summed E-state index contributed by atoms with van der Waals surface area (Å²) in [5.74, 6) is 1.65. The van der Waals surface area contributed by atoms with Gasteiger partial charge in [0.05, 0.1) is 17.8 Å². The lowest BCUT2D eigenvalue weighted by molar-refractivity contribution is -0.0391. The van der Waals surface area contributed by atoms with Crippen molar-refractivity contribution >= 4 is 0 Å². The summed E-state index contributed by atoms with van der Waals surface area (Å²) >= 11 is 0. The minimum Gasteiger partial charge on any atom is -0.373 e. The summed E-state index contributed by atoms with van der Waals surface area (Å²) in [5, 5.41) is 7.85. The molecule has 1 spiro atoms. The number of nitrogens with zero attached hydrogens (tertiary/aromatic N) is 1. The Labute approximate surface area is 120 Å². The number of ether oxygens (including phenoxy) is 1. The highest BCUT2D eigenvalue weighted by Gasteiger charge is 2.44. The summed E-state index contributed by atoms with van der Waals surface area (Å²) in [5.41, 5.74) is 1.26. The molecule has 2 aliphatic carbocycles. The highest BCUT2D eigenvalue weighted by molar-refractivity contribution is 5.15. The summed E-state index contributed by atoms with van der Waals surface area (Å²) in [7, 11) is 0. The van der Waals surface area contributed by atoms with Crippen LogP contribution in [0.25, 0.3) is 0 Å². The third kappa shape index (κ3) is 2.40. The molecule has 1 aromatic rings. The predicted molar refractivity (Wildman–Crippen MR) is 75.5 cm³/mol.